The van der Waals surface area contributed by atoms with Gasteiger partial charge in [0, 0.05) is 35.8 Å². The Morgan fingerprint density at radius 2 is 1.88 bits per heavy atom. The van der Waals surface area contributed by atoms with E-state index >= 15 is 0 Å². The average Bonchev–Trinajstić information content (AvgIpc) is 3.17. The molecule has 1 aliphatic carbocycles. The molecule has 4 atom stereocenters. The van der Waals surface area contributed by atoms with Gasteiger partial charge < -0.3 is 19.7 Å². The number of rotatable bonds is 3. The van der Waals surface area contributed by atoms with Crippen molar-refractivity contribution in [3.63, 3.8) is 0 Å². The Balaban J connectivity index is 1.34. The SMILES string of the molecule is Cc1ccc(O[C@@H]2C[C@@H]3CN(C(=O)c4cc(=O)[nH]c5ccccc45)C[C@@H]3C[C@H]2O)c(C)n1. The highest BCUT2D eigenvalue weighted by Crippen LogP contribution is 2.39. The third kappa shape index (κ3) is 3.77. The second-order valence-corrected chi connectivity index (χ2v) is 9.05. The monoisotopic (exact) mass is 433 g/mol. The van der Waals surface area contributed by atoms with Gasteiger partial charge in [0.1, 0.15) is 11.9 Å². The number of carbonyl (C=O) groups is 1. The number of nitrogens with one attached hydrogen (secondary N) is 1. The van der Waals surface area contributed by atoms with Gasteiger partial charge in [0.15, 0.2) is 0 Å². The van der Waals surface area contributed by atoms with Crippen molar-refractivity contribution < 1.29 is 14.6 Å². The summed E-state index contributed by atoms with van der Waals surface area (Å²) in [5, 5.41) is 11.5. The van der Waals surface area contributed by atoms with E-state index in [9.17, 15) is 14.7 Å². The smallest absolute Gasteiger partial charge is 0.254 e. The molecule has 166 valence electrons. The van der Waals surface area contributed by atoms with Gasteiger partial charge in [0.2, 0.25) is 5.56 Å². The summed E-state index contributed by atoms with van der Waals surface area (Å²) in [6.45, 7) is 5.02. The van der Waals surface area contributed by atoms with Gasteiger partial charge >= 0.3 is 0 Å². The van der Waals surface area contributed by atoms with Gasteiger partial charge in [-0.05, 0) is 56.7 Å². The average molecular weight is 434 g/mol. The molecule has 3 heterocycles. The number of H-pyrrole nitrogens is 1. The van der Waals surface area contributed by atoms with E-state index in [1.54, 1.807) is 6.07 Å². The number of aromatic amines is 1. The van der Waals surface area contributed by atoms with Gasteiger partial charge in [-0.15, -0.1) is 0 Å². The molecule has 7 heteroatoms. The summed E-state index contributed by atoms with van der Waals surface area (Å²) < 4.78 is 6.15. The lowest BCUT2D eigenvalue weighted by Crippen LogP contribution is -2.42. The quantitative estimate of drug-likeness (QED) is 0.662. The van der Waals surface area contributed by atoms with Crippen LogP contribution in [0.3, 0.4) is 0 Å². The van der Waals surface area contributed by atoms with Crippen molar-refractivity contribution in [2.45, 2.75) is 38.9 Å². The molecular weight excluding hydrogens is 406 g/mol. The van der Waals surface area contributed by atoms with Crippen LogP contribution in [0.5, 0.6) is 5.75 Å². The molecular formula is C25H27N3O4. The third-order valence-corrected chi connectivity index (χ3v) is 6.81. The van der Waals surface area contributed by atoms with Crippen molar-refractivity contribution >= 4 is 16.8 Å². The van der Waals surface area contributed by atoms with Crippen molar-refractivity contribution in [3.05, 3.63) is 69.8 Å². The number of pyridine rings is 2. The van der Waals surface area contributed by atoms with Crippen molar-refractivity contribution in [2.24, 2.45) is 11.8 Å². The Bertz CT molecular complexity index is 1240. The lowest BCUT2D eigenvalue weighted by molar-refractivity contribution is -0.0236. The van der Waals surface area contributed by atoms with E-state index < -0.39 is 6.10 Å². The van der Waals surface area contributed by atoms with Crippen LogP contribution in [0, 0.1) is 25.7 Å². The zero-order valence-electron chi connectivity index (χ0n) is 18.2. The molecule has 0 radical (unpaired) electrons. The van der Waals surface area contributed by atoms with Crippen LogP contribution in [-0.2, 0) is 0 Å². The summed E-state index contributed by atoms with van der Waals surface area (Å²) in [6, 6.07) is 12.6. The molecule has 1 saturated carbocycles. The Morgan fingerprint density at radius 1 is 1.12 bits per heavy atom. The lowest BCUT2D eigenvalue weighted by Gasteiger charge is -2.35. The molecule has 1 saturated heterocycles. The third-order valence-electron chi connectivity index (χ3n) is 6.81. The first-order valence-electron chi connectivity index (χ1n) is 11.1. The zero-order valence-corrected chi connectivity index (χ0v) is 18.2. The predicted molar refractivity (Wildman–Crippen MR) is 121 cm³/mol. The van der Waals surface area contributed by atoms with Gasteiger partial charge in [-0.2, -0.15) is 0 Å². The number of hydrogen-bond acceptors (Lipinski definition) is 5. The number of para-hydroxylation sites is 1. The fraction of sp³-hybridized carbons (Fsp3) is 0.400. The second-order valence-electron chi connectivity index (χ2n) is 9.05. The van der Waals surface area contributed by atoms with E-state index in [1.807, 2.05) is 49.1 Å². The number of nitrogens with zero attached hydrogens (tertiary/aromatic N) is 2. The number of aliphatic hydroxyl groups excluding tert-OH is 1. The van der Waals surface area contributed by atoms with Gasteiger partial charge in [-0.3, -0.25) is 14.6 Å². The highest BCUT2D eigenvalue weighted by atomic mass is 16.5. The van der Waals surface area contributed by atoms with E-state index in [2.05, 4.69) is 9.97 Å². The lowest BCUT2D eigenvalue weighted by atomic mass is 9.78. The van der Waals surface area contributed by atoms with Gasteiger partial charge in [0.25, 0.3) is 5.91 Å². The van der Waals surface area contributed by atoms with Crippen molar-refractivity contribution in [2.75, 3.05) is 13.1 Å². The molecule has 0 bridgehead atoms. The minimum absolute atomic E-state index is 0.132. The number of aromatic nitrogens is 2. The van der Waals surface area contributed by atoms with Crippen LogP contribution in [0.4, 0.5) is 0 Å². The van der Waals surface area contributed by atoms with Crippen LogP contribution >= 0.6 is 0 Å². The van der Waals surface area contributed by atoms with Crippen LogP contribution in [0.1, 0.15) is 34.6 Å². The molecule has 1 aliphatic heterocycles. The standard InChI is InChI=1S/C25H27N3O4/c1-14-7-8-22(15(2)26-14)32-23-10-17-13-28(12-16(17)9-21(23)29)25(31)19-11-24(30)27-20-6-4-3-5-18(19)20/h3-8,11,16-17,21,23,29H,9-10,12-13H2,1-2H3,(H,27,30)/t16-,17+,21+,23+/m0/s1. The summed E-state index contributed by atoms with van der Waals surface area (Å²) in [5.74, 6) is 1.03. The van der Waals surface area contributed by atoms with Crippen LogP contribution in [0.2, 0.25) is 0 Å². The fourth-order valence-electron chi connectivity index (χ4n) is 5.20. The van der Waals surface area contributed by atoms with Crippen molar-refractivity contribution in [3.8, 4) is 5.75 Å². The first-order valence-corrected chi connectivity index (χ1v) is 11.1. The predicted octanol–water partition coefficient (Wildman–Crippen LogP) is 2.83. The number of benzene rings is 1. The topological polar surface area (TPSA) is 95.5 Å². The number of aryl methyl sites for hydroxylation is 2. The van der Waals surface area contributed by atoms with Crippen LogP contribution in [-0.4, -0.2) is 51.2 Å². The number of likely N-dealkylation sites (tertiary alicyclic amines) is 1. The highest BCUT2D eigenvalue weighted by Gasteiger charge is 2.44. The van der Waals surface area contributed by atoms with Crippen LogP contribution < -0.4 is 10.3 Å². The second kappa shape index (κ2) is 8.06. The number of ether oxygens (including phenoxy) is 1. The first-order chi connectivity index (χ1) is 15.4. The van der Waals surface area contributed by atoms with Crippen molar-refractivity contribution in [1.29, 1.82) is 0 Å². The maximum Gasteiger partial charge on any atom is 0.254 e. The van der Waals surface area contributed by atoms with E-state index in [0.29, 0.717) is 42.8 Å². The van der Waals surface area contributed by atoms with Gasteiger partial charge in [-0.1, -0.05) is 18.2 Å². The molecule has 3 aromatic rings. The number of amides is 1. The number of hydrogen-bond donors (Lipinski definition) is 2. The highest BCUT2D eigenvalue weighted by molar-refractivity contribution is 6.06. The molecule has 2 aromatic heterocycles. The fourth-order valence-corrected chi connectivity index (χ4v) is 5.20. The summed E-state index contributed by atoms with van der Waals surface area (Å²) in [6.07, 6.45) is 0.356. The Labute approximate surface area is 186 Å². The largest absolute Gasteiger partial charge is 0.486 e. The van der Waals surface area contributed by atoms with E-state index in [4.69, 9.17) is 4.74 Å². The summed E-state index contributed by atoms with van der Waals surface area (Å²) in [7, 11) is 0. The van der Waals surface area contributed by atoms with E-state index in [0.717, 1.165) is 16.8 Å². The minimum atomic E-state index is -0.590. The maximum atomic E-state index is 13.4. The molecule has 0 unspecified atom stereocenters. The molecule has 2 N–H and O–H groups in total. The number of aliphatic hydroxyl groups is 1. The van der Waals surface area contributed by atoms with Crippen LogP contribution in [0.15, 0.2) is 47.3 Å². The normalized spacial score (nSPS) is 25.0. The number of carbonyl (C=O) groups excluding carboxylic acids is 1. The number of fused-ring (bicyclic) bond motifs is 2. The Hall–Kier alpha value is -3.19. The molecule has 2 fully saturated rings. The minimum Gasteiger partial charge on any atom is -0.486 e. The maximum absolute atomic E-state index is 13.4. The van der Waals surface area contributed by atoms with Gasteiger partial charge in [-0.25, -0.2) is 0 Å². The Morgan fingerprint density at radius 3 is 2.66 bits per heavy atom. The van der Waals surface area contributed by atoms with E-state index in [1.165, 1.54) is 6.07 Å². The molecule has 0 spiro atoms. The molecule has 5 rings (SSSR count). The van der Waals surface area contributed by atoms with Crippen molar-refractivity contribution in [1.82, 2.24) is 14.9 Å². The summed E-state index contributed by atoms with van der Waals surface area (Å²) >= 11 is 0. The molecule has 2 aliphatic rings. The summed E-state index contributed by atoms with van der Waals surface area (Å²) in [4.78, 5) is 34.5. The first kappa shape index (κ1) is 20.7. The van der Waals surface area contributed by atoms with Crippen LogP contribution in [0.25, 0.3) is 10.9 Å². The molecule has 32 heavy (non-hydrogen) atoms. The zero-order chi connectivity index (χ0) is 22.4. The molecule has 1 aromatic carbocycles. The van der Waals surface area contributed by atoms with Gasteiger partial charge in [0.05, 0.1) is 17.4 Å². The van der Waals surface area contributed by atoms with E-state index in [-0.39, 0.29) is 29.4 Å². The molecule has 1 amide bonds. The molecule has 7 nitrogen and oxygen atoms in total. The Kier molecular flexibility index (Phi) is 5.21. The summed E-state index contributed by atoms with van der Waals surface area (Å²) in [5.41, 5.74) is 2.54.